The molecule has 0 spiro atoms. The van der Waals surface area contributed by atoms with E-state index in [0.717, 1.165) is 15.7 Å². The molecule has 0 saturated carbocycles. The van der Waals surface area contributed by atoms with Gasteiger partial charge in [-0.05, 0) is 29.8 Å². The van der Waals surface area contributed by atoms with E-state index in [0.29, 0.717) is 5.56 Å². The van der Waals surface area contributed by atoms with Crippen LogP contribution in [-0.4, -0.2) is 10.8 Å². The van der Waals surface area contributed by atoms with Crippen molar-refractivity contribution in [3.63, 3.8) is 0 Å². The van der Waals surface area contributed by atoms with Gasteiger partial charge in [-0.2, -0.15) is 0 Å². The number of hydrogen-bond acceptors (Lipinski definition) is 2. The topological polar surface area (TPSA) is 30.0 Å². The zero-order valence-electron chi connectivity index (χ0n) is 11.8. The summed E-state index contributed by atoms with van der Waals surface area (Å²) in [7, 11) is 0. The highest BCUT2D eigenvalue weighted by Gasteiger charge is 2.25. The highest BCUT2D eigenvalue weighted by Crippen LogP contribution is 2.28. The van der Waals surface area contributed by atoms with Crippen molar-refractivity contribution in [3.8, 4) is 0 Å². The first-order chi connectivity index (χ1) is 10.8. The molecular weight excluding hydrogens is 338 g/mol. The van der Waals surface area contributed by atoms with E-state index in [1.165, 1.54) is 0 Å². The maximum Gasteiger partial charge on any atom is 0.176 e. The highest BCUT2D eigenvalue weighted by atomic mass is 79.9. The summed E-state index contributed by atoms with van der Waals surface area (Å²) in [5, 5.41) is 0. The van der Waals surface area contributed by atoms with Crippen molar-refractivity contribution in [2.45, 2.75) is 5.92 Å². The van der Waals surface area contributed by atoms with Gasteiger partial charge in [-0.1, -0.05) is 64.5 Å². The van der Waals surface area contributed by atoms with E-state index in [4.69, 9.17) is 0 Å². The molecule has 2 nitrogen and oxygen atoms in total. The van der Waals surface area contributed by atoms with Crippen LogP contribution in [0.3, 0.4) is 0 Å². The molecule has 0 fully saturated rings. The smallest absolute Gasteiger partial charge is 0.176 e. The first kappa shape index (κ1) is 14.7. The number of carbonyl (C=O) groups excluding carboxylic acids is 1. The maximum absolute atomic E-state index is 13.0. The Labute approximate surface area is 138 Å². The summed E-state index contributed by atoms with van der Waals surface area (Å²) in [5.41, 5.74) is 2.39. The lowest BCUT2D eigenvalue weighted by atomic mass is 9.87. The summed E-state index contributed by atoms with van der Waals surface area (Å²) in [5.74, 6) is -0.345. The molecule has 0 saturated heterocycles. The number of Topliss-reactive ketones (excluding diaryl/α,β-unsaturated/α-hetero) is 1. The molecule has 1 atom stereocenters. The molecule has 0 bridgehead atoms. The van der Waals surface area contributed by atoms with Crippen LogP contribution in [0.1, 0.15) is 27.5 Å². The monoisotopic (exact) mass is 351 g/mol. The average molecular weight is 352 g/mol. The number of aromatic nitrogens is 1. The van der Waals surface area contributed by atoms with E-state index in [-0.39, 0.29) is 5.78 Å². The molecule has 1 aromatic heterocycles. The second-order valence-electron chi connectivity index (χ2n) is 4.97. The van der Waals surface area contributed by atoms with Gasteiger partial charge in [0.1, 0.15) is 0 Å². The van der Waals surface area contributed by atoms with Crippen molar-refractivity contribution in [3.05, 3.63) is 100 Å². The van der Waals surface area contributed by atoms with E-state index in [2.05, 4.69) is 20.9 Å². The second kappa shape index (κ2) is 6.67. The Morgan fingerprint density at radius 2 is 1.68 bits per heavy atom. The van der Waals surface area contributed by atoms with Gasteiger partial charge in [0.25, 0.3) is 0 Å². The Kier molecular flexibility index (Phi) is 4.45. The Morgan fingerprint density at radius 3 is 2.36 bits per heavy atom. The molecule has 3 heteroatoms. The van der Waals surface area contributed by atoms with Crippen LogP contribution in [0.15, 0.2) is 83.5 Å². The molecule has 108 valence electrons. The molecular formula is C19H14BrNO. The lowest BCUT2D eigenvalue weighted by Gasteiger charge is -2.16. The van der Waals surface area contributed by atoms with Gasteiger partial charge in [0.2, 0.25) is 0 Å². The van der Waals surface area contributed by atoms with E-state index in [1.54, 1.807) is 6.20 Å². The summed E-state index contributed by atoms with van der Waals surface area (Å²) in [4.78, 5) is 17.4. The van der Waals surface area contributed by atoms with Crippen LogP contribution in [0, 0.1) is 0 Å². The van der Waals surface area contributed by atoms with Gasteiger partial charge in [-0.15, -0.1) is 0 Å². The third kappa shape index (κ3) is 3.15. The minimum Gasteiger partial charge on any atom is -0.293 e. The number of halogens is 1. The molecule has 0 aliphatic rings. The number of nitrogens with zero attached hydrogens (tertiary/aromatic N) is 1. The van der Waals surface area contributed by atoms with Gasteiger partial charge in [0.15, 0.2) is 5.78 Å². The Hall–Kier alpha value is -2.26. The summed E-state index contributed by atoms with van der Waals surface area (Å²) in [6.07, 6.45) is 1.72. The number of hydrogen-bond donors (Lipinski definition) is 0. The normalized spacial score (nSPS) is 11.9. The van der Waals surface area contributed by atoms with Gasteiger partial charge in [-0.3, -0.25) is 9.78 Å². The summed E-state index contributed by atoms with van der Waals surface area (Å²) in [6.45, 7) is 0. The molecule has 0 radical (unpaired) electrons. The summed E-state index contributed by atoms with van der Waals surface area (Å²) in [6, 6.07) is 22.9. The van der Waals surface area contributed by atoms with Crippen molar-refractivity contribution < 1.29 is 4.79 Å². The molecule has 0 unspecified atom stereocenters. The highest BCUT2D eigenvalue weighted by molar-refractivity contribution is 9.10. The van der Waals surface area contributed by atoms with E-state index in [9.17, 15) is 4.79 Å². The van der Waals surface area contributed by atoms with Gasteiger partial charge in [0, 0.05) is 16.2 Å². The SMILES string of the molecule is O=C(c1cccc(Br)c1)[C@H](c1ccccc1)c1ccccn1. The molecule has 2 aromatic carbocycles. The number of benzene rings is 2. The molecule has 1 heterocycles. The standard InChI is InChI=1S/C19H14BrNO/c20-16-10-6-9-15(13-16)19(22)18(14-7-2-1-3-8-14)17-11-4-5-12-21-17/h1-13,18H/t18-/m1/s1. The predicted octanol–water partition coefficient (Wildman–Crippen LogP) is 4.86. The molecule has 0 N–H and O–H groups in total. The first-order valence-electron chi connectivity index (χ1n) is 7.01. The summed E-state index contributed by atoms with van der Waals surface area (Å²) >= 11 is 3.42. The Balaban J connectivity index is 2.08. The van der Waals surface area contributed by atoms with Crippen LogP contribution < -0.4 is 0 Å². The zero-order chi connectivity index (χ0) is 15.4. The van der Waals surface area contributed by atoms with Crippen molar-refractivity contribution >= 4 is 21.7 Å². The number of rotatable bonds is 4. The third-order valence-electron chi connectivity index (χ3n) is 3.49. The minimum absolute atomic E-state index is 0.0474. The van der Waals surface area contributed by atoms with Gasteiger partial charge >= 0.3 is 0 Å². The van der Waals surface area contributed by atoms with Crippen molar-refractivity contribution in [2.24, 2.45) is 0 Å². The lowest BCUT2D eigenvalue weighted by Crippen LogP contribution is -2.15. The van der Waals surface area contributed by atoms with E-state index >= 15 is 0 Å². The first-order valence-corrected chi connectivity index (χ1v) is 7.80. The molecule has 0 aliphatic carbocycles. The second-order valence-corrected chi connectivity index (χ2v) is 5.89. The van der Waals surface area contributed by atoms with Gasteiger partial charge < -0.3 is 0 Å². The zero-order valence-corrected chi connectivity index (χ0v) is 13.4. The molecule has 3 aromatic rings. The third-order valence-corrected chi connectivity index (χ3v) is 3.98. The fraction of sp³-hybridized carbons (Fsp3) is 0.0526. The van der Waals surface area contributed by atoms with Crippen LogP contribution >= 0.6 is 15.9 Å². The number of pyridine rings is 1. The van der Waals surface area contributed by atoms with Crippen molar-refractivity contribution in [1.82, 2.24) is 4.98 Å². The molecule has 3 rings (SSSR count). The maximum atomic E-state index is 13.0. The van der Waals surface area contributed by atoms with Crippen LogP contribution in [0.5, 0.6) is 0 Å². The van der Waals surface area contributed by atoms with Crippen LogP contribution in [0.2, 0.25) is 0 Å². The fourth-order valence-electron chi connectivity index (χ4n) is 2.46. The van der Waals surface area contributed by atoms with Crippen LogP contribution in [0.25, 0.3) is 0 Å². The average Bonchev–Trinajstić information content (AvgIpc) is 2.57. The van der Waals surface area contributed by atoms with Gasteiger partial charge in [-0.25, -0.2) is 0 Å². The number of carbonyl (C=O) groups is 1. The Morgan fingerprint density at radius 1 is 0.909 bits per heavy atom. The minimum atomic E-state index is -0.392. The lowest BCUT2D eigenvalue weighted by molar-refractivity contribution is 0.0972. The van der Waals surface area contributed by atoms with Crippen LogP contribution in [0.4, 0.5) is 0 Å². The largest absolute Gasteiger partial charge is 0.293 e. The molecule has 0 amide bonds. The summed E-state index contributed by atoms with van der Waals surface area (Å²) < 4.78 is 0.895. The Bertz CT molecular complexity index is 732. The molecule has 0 aliphatic heterocycles. The van der Waals surface area contributed by atoms with Crippen molar-refractivity contribution in [2.75, 3.05) is 0 Å². The van der Waals surface area contributed by atoms with Crippen molar-refractivity contribution in [1.29, 1.82) is 0 Å². The quantitative estimate of drug-likeness (QED) is 0.628. The van der Waals surface area contributed by atoms with E-state index < -0.39 is 5.92 Å². The molecule has 22 heavy (non-hydrogen) atoms. The van der Waals surface area contributed by atoms with E-state index in [1.807, 2.05) is 72.8 Å². The fourth-order valence-corrected chi connectivity index (χ4v) is 2.86. The van der Waals surface area contributed by atoms with Gasteiger partial charge in [0.05, 0.1) is 11.6 Å². The van der Waals surface area contributed by atoms with Crippen LogP contribution in [-0.2, 0) is 0 Å². The number of ketones is 1. The predicted molar refractivity (Wildman–Crippen MR) is 91.0 cm³/mol.